The Bertz CT molecular complexity index is 1910. The fraction of sp³-hybridized carbons (Fsp3) is 0.568. The third kappa shape index (κ3) is 6.78. The minimum Gasteiger partial charge on any atom is -0.353 e. The molecule has 2 aromatic heterocycles. The molecule has 1 amide bonds. The van der Waals surface area contributed by atoms with Crippen LogP contribution in [0.3, 0.4) is 0 Å². The third-order valence-corrected chi connectivity index (χ3v) is 12.9. The second-order valence-corrected chi connectivity index (χ2v) is 17.3. The Hall–Kier alpha value is -4.07. The predicted molar refractivity (Wildman–Crippen MR) is 206 cm³/mol. The van der Waals surface area contributed by atoms with Crippen molar-refractivity contribution in [3.63, 3.8) is 0 Å². The highest BCUT2D eigenvalue weighted by Gasteiger charge is 2.51. The van der Waals surface area contributed by atoms with E-state index in [1.54, 1.807) is 6.20 Å². The Labute approximate surface area is 308 Å². The number of pyridine rings is 1. The summed E-state index contributed by atoms with van der Waals surface area (Å²) in [5, 5.41) is 5.51. The lowest BCUT2D eigenvalue weighted by atomic mass is 9.49. The molecule has 0 unspecified atom stereocenters. The number of ketones is 2. The van der Waals surface area contributed by atoms with Crippen molar-refractivity contribution in [1.29, 1.82) is 0 Å². The zero-order valence-electron chi connectivity index (χ0n) is 31.6. The summed E-state index contributed by atoms with van der Waals surface area (Å²) in [5.74, 6) is 4.06. The van der Waals surface area contributed by atoms with E-state index in [-0.39, 0.29) is 29.4 Å². The first-order valence-electron chi connectivity index (χ1n) is 20.0. The molecule has 1 saturated heterocycles. The van der Waals surface area contributed by atoms with Crippen molar-refractivity contribution < 1.29 is 14.4 Å². The number of rotatable bonds is 11. The molecule has 4 saturated carbocycles. The van der Waals surface area contributed by atoms with E-state index in [2.05, 4.69) is 59.9 Å². The van der Waals surface area contributed by atoms with E-state index in [1.807, 2.05) is 23.9 Å². The van der Waals surface area contributed by atoms with Crippen LogP contribution in [0.4, 0.5) is 5.82 Å². The van der Waals surface area contributed by atoms with E-state index in [0.29, 0.717) is 24.3 Å². The summed E-state index contributed by atoms with van der Waals surface area (Å²) in [6.07, 6.45) is 17.7. The van der Waals surface area contributed by atoms with Crippen molar-refractivity contribution in [2.45, 2.75) is 111 Å². The van der Waals surface area contributed by atoms with E-state index in [1.165, 1.54) is 38.5 Å². The van der Waals surface area contributed by atoms with Crippen molar-refractivity contribution >= 4 is 34.2 Å². The van der Waals surface area contributed by atoms with Crippen molar-refractivity contribution in [1.82, 2.24) is 19.7 Å². The first kappa shape index (κ1) is 35.0. The normalized spacial score (nSPS) is 25.8. The largest absolute Gasteiger partial charge is 0.353 e. The zero-order chi connectivity index (χ0) is 36.1. The maximum Gasteiger partial charge on any atom is 0.223 e. The first-order valence-corrected chi connectivity index (χ1v) is 20.0. The van der Waals surface area contributed by atoms with Gasteiger partial charge in [0, 0.05) is 74.2 Å². The van der Waals surface area contributed by atoms with Crippen molar-refractivity contribution in [3.8, 4) is 11.1 Å². The van der Waals surface area contributed by atoms with Crippen LogP contribution in [0, 0.1) is 23.2 Å². The number of hydrogen-bond donors (Lipinski definition) is 0. The zero-order valence-corrected chi connectivity index (χ0v) is 31.6. The van der Waals surface area contributed by atoms with Crippen LogP contribution in [0.1, 0.15) is 121 Å². The Morgan fingerprint density at radius 2 is 1.63 bits per heavy atom. The number of allylic oxidation sites excluding steroid dienone is 4. The molecule has 3 heterocycles. The summed E-state index contributed by atoms with van der Waals surface area (Å²) in [5.41, 5.74) is 6.72. The molecule has 0 N–H and O–H groups in total. The van der Waals surface area contributed by atoms with Crippen molar-refractivity contribution in [2.75, 3.05) is 31.1 Å². The lowest BCUT2D eigenvalue weighted by molar-refractivity contribution is -0.139. The highest BCUT2D eigenvalue weighted by atomic mass is 16.2. The van der Waals surface area contributed by atoms with Crippen molar-refractivity contribution in [3.05, 3.63) is 65.0 Å². The van der Waals surface area contributed by atoms with Crippen molar-refractivity contribution in [2.24, 2.45) is 23.2 Å². The summed E-state index contributed by atoms with van der Waals surface area (Å²) in [6, 6.07) is 8.39. The summed E-state index contributed by atoms with van der Waals surface area (Å²) in [6.45, 7) is 11.4. The third-order valence-electron chi connectivity index (χ3n) is 12.9. The predicted octanol–water partition coefficient (Wildman–Crippen LogP) is 8.91. The molecule has 1 aliphatic heterocycles. The molecule has 9 rings (SSSR count). The highest BCUT2D eigenvalue weighted by Crippen LogP contribution is 2.61. The van der Waals surface area contributed by atoms with Gasteiger partial charge in [0.25, 0.3) is 0 Å². The summed E-state index contributed by atoms with van der Waals surface area (Å²) >= 11 is 0. The molecule has 1 aromatic carbocycles. The molecular weight excluding hydrogens is 647 g/mol. The van der Waals surface area contributed by atoms with Crippen LogP contribution < -0.4 is 4.90 Å². The van der Waals surface area contributed by atoms with Gasteiger partial charge in [-0.05, 0) is 136 Å². The van der Waals surface area contributed by atoms with Crippen LogP contribution in [-0.2, 0) is 9.59 Å². The maximum atomic E-state index is 14.0. The first-order chi connectivity index (χ1) is 25.1. The maximum absolute atomic E-state index is 14.0. The van der Waals surface area contributed by atoms with Crippen LogP contribution in [0.5, 0.6) is 0 Å². The molecule has 0 atom stereocenters. The Balaban J connectivity index is 0.962. The number of carbonyl (C=O) groups is 3. The van der Waals surface area contributed by atoms with Gasteiger partial charge in [0.1, 0.15) is 5.82 Å². The molecule has 52 heavy (non-hydrogen) atoms. The molecule has 8 nitrogen and oxygen atoms in total. The smallest absolute Gasteiger partial charge is 0.223 e. The van der Waals surface area contributed by atoms with Crippen LogP contribution >= 0.6 is 0 Å². The Kier molecular flexibility index (Phi) is 9.46. The molecule has 8 heteroatoms. The lowest BCUT2D eigenvalue weighted by Crippen LogP contribution is -2.52. The molecular formula is C44H55N5O3. The lowest BCUT2D eigenvalue weighted by Gasteiger charge is -2.57. The van der Waals surface area contributed by atoms with Gasteiger partial charge in [-0.25, -0.2) is 4.98 Å². The molecule has 4 bridgehead atoms. The van der Waals surface area contributed by atoms with E-state index in [4.69, 9.17) is 4.98 Å². The van der Waals surface area contributed by atoms with E-state index >= 15 is 0 Å². The van der Waals surface area contributed by atoms with Crippen LogP contribution in [0.25, 0.3) is 22.0 Å². The second kappa shape index (κ2) is 14.1. The standard InChI is InChI=1S/C44H55N5O3/c1-5-6-33-15-29(4)16-41(51)36(33)8-9-40(50)37-20-35(21-39-38(37)27-46-49(39)28(2)3)34-7-10-42(45-26-34)47-11-13-48(14-12-47)43(52)25-44-22-30-17-31(23-44)19-32(18-30)24-44/h7,10,15,20-21,26-28,30-32H,5-6,8-9,11-14,16-19,22-25H2,1-4H3. The summed E-state index contributed by atoms with van der Waals surface area (Å²) in [7, 11) is 0. The van der Waals surface area contributed by atoms with Crippen LogP contribution in [-0.4, -0.2) is 63.3 Å². The van der Waals surface area contributed by atoms with Gasteiger partial charge in [-0.15, -0.1) is 0 Å². The molecule has 274 valence electrons. The molecule has 6 aliphatic rings. The van der Waals surface area contributed by atoms with Gasteiger partial charge < -0.3 is 9.80 Å². The monoisotopic (exact) mass is 701 g/mol. The summed E-state index contributed by atoms with van der Waals surface area (Å²) < 4.78 is 1.97. The number of aromatic nitrogens is 3. The average Bonchev–Trinajstić information content (AvgIpc) is 3.55. The van der Waals surface area contributed by atoms with E-state index < -0.39 is 0 Å². The number of benzene rings is 1. The number of Topliss-reactive ketones (excluding diaryl/α,β-unsaturated/α-hetero) is 2. The molecule has 3 aromatic rings. The van der Waals surface area contributed by atoms with Gasteiger partial charge in [-0.3, -0.25) is 19.1 Å². The number of piperazine rings is 1. The average molecular weight is 702 g/mol. The minimum atomic E-state index is 0.0257. The van der Waals surface area contributed by atoms with Gasteiger partial charge in [-0.1, -0.05) is 25.0 Å². The fourth-order valence-corrected chi connectivity index (χ4v) is 11.0. The van der Waals surface area contributed by atoms with E-state index in [9.17, 15) is 14.4 Å². The number of hydrogen-bond acceptors (Lipinski definition) is 6. The number of anilines is 1. The topological polar surface area (TPSA) is 88.4 Å². The van der Waals surface area contributed by atoms with E-state index in [0.717, 1.165) is 108 Å². The van der Waals surface area contributed by atoms with Gasteiger partial charge >= 0.3 is 0 Å². The van der Waals surface area contributed by atoms with Gasteiger partial charge in [-0.2, -0.15) is 5.10 Å². The van der Waals surface area contributed by atoms with Gasteiger partial charge in [0.05, 0.1) is 11.7 Å². The molecule has 0 spiro atoms. The van der Waals surface area contributed by atoms with Crippen LogP contribution in [0.15, 0.2) is 59.5 Å². The van der Waals surface area contributed by atoms with Gasteiger partial charge in [0.15, 0.2) is 11.6 Å². The molecule has 5 aliphatic carbocycles. The fourth-order valence-electron chi connectivity index (χ4n) is 11.0. The Morgan fingerprint density at radius 1 is 0.923 bits per heavy atom. The number of fused-ring (bicyclic) bond motifs is 1. The second-order valence-electron chi connectivity index (χ2n) is 17.3. The number of nitrogens with zero attached hydrogens (tertiary/aromatic N) is 5. The molecule has 0 radical (unpaired) electrons. The SMILES string of the molecule is CCCC1=C(CCC(=O)c2cc(-c3ccc(N4CCN(C(=O)CC56CC7CC(CC(C7)C5)C6)CC4)nc3)cc3c2cnn3C(C)C)C(=O)CC(C)=C1. The number of amides is 1. The molecule has 5 fully saturated rings. The quantitative estimate of drug-likeness (QED) is 0.186. The summed E-state index contributed by atoms with van der Waals surface area (Å²) in [4.78, 5) is 49.9. The Morgan fingerprint density at radius 3 is 2.27 bits per heavy atom. The minimum absolute atomic E-state index is 0.0257. The van der Waals surface area contributed by atoms with Gasteiger partial charge in [0.2, 0.25) is 5.91 Å². The highest BCUT2D eigenvalue weighted by molar-refractivity contribution is 6.09. The van der Waals surface area contributed by atoms with Crippen LogP contribution in [0.2, 0.25) is 0 Å². The number of carbonyl (C=O) groups excluding carboxylic acids is 3.